The van der Waals surface area contributed by atoms with Gasteiger partial charge in [0.25, 0.3) is 0 Å². The van der Waals surface area contributed by atoms with E-state index in [0.29, 0.717) is 12.4 Å². The summed E-state index contributed by atoms with van der Waals surface area (Å²) in [4.78, 5) is 16.1. The van der Waals surface area contributed by atoms with E-state index in [-0.39, 0.29) is 12.0 Å². The van der Waals surface area contributed by atoms with Gasteiger partial charge in [0.15, 0.2) is 5.82 Å². The van der Waals surface area contributed by atoms with Gasteiger partial charge in [-0.2, -0.15) is 15.0 Å². The van der Waals surface area contributed by atoms with Crippen molar-refractivity contribution < 1.29 is 4.74 Å². The van der Waals surface area contributed by atoms with Crippen molar-refractivity contribution in [1.82, 2.24) is 19.9 Å². The van der Waals surface area contributed by atoms with Gasteiger partial charge in [-0.15, -0.1) is 0 Å². The highest BCUT2D eigenvalue weighted by atomic mass is 16.5. The first-order chi connectivity index (χ1) is 8.29. The van der Waals surface area contributed by atoms with Crippen LogP contribution in [-0.4, -0.2) is 26.5 Å². The van der Waals surface area contributed by atoms with E-state index in [1.807, 2.05) is 19.1 Å². The Labute approximate surface area is 98.9 Å². The number of nitrogens with two attached hydrogens (primary N) is 1. The van der Waals surface area contributed by atoms with Crippen molar-refractivity contribution in [3.8, 4) is 17.4 Å². The van der Waals surface area contributed by atoms with Crippen molar-refractivity contribution in [3.63, 3.8) is 0 Å². The summed E-state index contributed by atoms with van der Waals surface area (Å²) in [5, 5.41) is 0. The second kappa shape index (κ2) is 5.20. The Morgan fingerprint density at radius 1 is 1.29 bits per heavy atom. The molecule has 0 amide bonds. The number of aromatic nitrogens is 4. The SMILES string of the molecule is CCCOc1nc(N)nc(-c2cccnc2)n1. The van der Waals surface area contributed by atoms with E-state index in [9.17, 15) is 0 Å². The zero-order valence-corrected chi connectivity index (χ0v) is 9.50. The number of nitrogen functional groups attached to an aromatic ring is 1. The summed E-state index contributed by atoms with van der Waals surface area (Å²) in [6, 6.07) is 3.91. The summed E-state index contributed by atoms with van der Waals surface area (Å²) in [5.41, 5.74) is 6.39. The van der Waals surface area contributed by atoms with Crippen LogP contribution in [0.2, 0.25) is 0 Å². The van der Waals surface area contributed by atoms with E-state index < -0.39 is 0 Å². The fourth-order valence-corrected chi connectivity index (χ4v) is 1.25. The minimum absolute atomic E-state index is 0.143. The first-order valence-corrected chi connectivity index (χ1v) is 5.34. The number of ether oxygens (including phenoxy) is 1. The molecule has 0 unspecified atom stereocenters. The molecule has 0 aliphatic rings. The van der Waals surface area contributed by atoms with Gasteiger partial charge in [-0.25, -0.2) is 0 Å². The van der Waals surface area contributed by atoms with Crippen molar-refractivity contribution in [2.24, 2.45) is 0 Å². The number of rotatable bonds is 4. The van der Waals surface area contributed by atoms with Crippen LogP contribution in [0.5, 0.6) is 6.01 Å². The van der Waals surface area contributed by atoms with Crippen molar-refractivity contribution in [1.29, 1.82) is 0 Å². The Kier molecular flexibility index (Phi) is 3.44. The van der Waals surface area contributed by atoms with Crippen LogP contribution in [0, 0.1) is 0 Å². The maximum Gasteiger partial charge on any atom is 0.321 e. The number of pyridine rings is 1. The zero-order valence-electron chi connectivity index (χ0n) is 9.50. The maximum atomic E-state index is 5.61. The highest BCUT2D eigenvalue weighted by Gasteiger charge is 2.07. The van der Waals surface area contributed by atoms with E-state index in [1.165, 1.54) is 0 Å². The molecule has 0 spiro atoms. The Morgan fingerprint density at radius 3 is 2.88 bits per heavy atom. The molecule has 2 heterocycles. The van der Waals surface area contributed by atoms with Crippen LogP contribution in [0.25, 0.3) is 11.4 Å². The monoisotopic (exact) mass is 231 g/mol. The molecule has 2 rings (SSSR count). The molecular weight excluding hydrogens is 218 g/mol. The first-order valence-electron chi connectivity index (χ1n) is 5.34. The molecule has 0 saturated heterocycles. The summed E-state index contributed by atoms with van der Waals surface area (Å²) in [5.74, 6) is 0.613. The molecule has 88 valence electrons. The van der Waals surface area contributed by atoms with Crippen LogP contribution < -0.4 is 10.5 Å². The lowest BCUT2D eigenvalue weighted by atomic mass is 10.3. The minimum atomic E-state index is 0.143. The van der Waals surface area contributed by atoms with Gasteiger partial charge in [0, 0.05) is 18.0 Å². The van der Waals surface area contributed by atoms with Gasteiger partial charge in [-0.3, -0.25) is 4.98 Å². The first kappa shape index (κ1) is 11.3. The lowest BCUT2D eigenvalue weighted by Gasteiger charge is -2.05. The summed E-state index contributed by atoms with van der Waals surface area (Å²) in [7, 11) is 0. The third kappa shape index (κ3) is 2.87. The van der Waals surface area contributed by atoms with Crippen LogP contribution >= 0.6 is 0 Å². The molecule has 0 aliphatic heterocycles. The molecular formula is C11H13N5O. The normalized spacial score (nSPS) is 10.2. The van der Waals surface area contributed by atoms with E-state index in [1.54, 1.807) is 12.4 Å². The second-order valence-electron chi connectivity index (χ2n) is 3.39. The number of nitrogens with zero attached hydrogens (tertiary/aromatic N) is 4. The predicted octanol–water partition coefficient (Wildman–Crippen LogP) is 1.30. The average molecular weight is 231 g/mol. The lowest BCUT2D eigenvalue weighted by molar-refractivity contribution is 0.292. The predicted molar refractivity (Wildman–Crippen MR) is 63.3 cm³/mol. The molecule has 0 aromatic carbocycles. The molecule has 6 nitrogen and oxygen atoms in total. The maximum absolute atomic E-state index is 5.61. The zero-order chi connectivity index (χ0) is 12.1. The molecule has 2 aromatic rings. The van der Waals surface area contributed by atoms with E-state index in [2.05, 4.69) is 19.9 Å². The van der Waals surface area contributed by atoms with Crippen LogP contribution in [-0.2, 0) is 0 Å². The van der Waals surface area contributed by atoms with Gasteiger partial charge in [0.05, 0.1) is 6.61 Å². The molecule has 0 fully saturated rings. The summed E-state index contributed by atoms with van der Waals surface area (Å²) in [6.45, 7) is 2.56. The summed E-state index contributed by atoms with van der Waals surface area (Å²) >= 11 is 0. The fourth-order valence-electron chi connectivity index (χ4n) is 1.25. The number of anilines is 1. The van der Waals surface area contributed by atoms with Gasteiger partial charge < -0.3 is 10.5 Å². The molecule has 0 bridgehead atoms. The smallest absolute Gasteiger partial charge is 0.321 e. The molecule has 6 heteroatoms. The molecule has 0 aliphatic carbocycles. The lowest BCUT2D eigenvalue weighted by Crippen LogP contribution is -2.05. The molecule has 2 aromatic heterocycles. The molecule has 0 saturated carbocycles. The number of hydrogen-bond acceptors (Lipinski definition) is 6. The quantitative estimate of drug-likeness (QED) is 0.853. The van der Waals surface area contributed by atoms with Crippen molar-refractivity contribution in [2.45, 2.75) is 13.3 Å². The fraction of sp³-hybridized carbons (Fsp3) is 0.273. The van der Waals surface area contributed by atoms with Crippen LogP contribution in [0.1, 0.15) is 13.3 Å². The Bertz CT molecular complexity index is 488. The van der Waals surface area contributed by atoms with Gasteiger partial charge in [0.1, 0.15) is 0 Å². The van der Waals surface area contributed by atoms with E-state index in [0.717, 1.165) is 12.0 Å². The van der Waals surface area contributed by atoms with E-state index in [4.69, 9.17) is 10.5 Å². The van der Waals surface area contributed by atoms with Gasteiger partial charge >= 0.3 is 6.01 Å². The number of hydrogen-bond donors (Lipinski definition) is 1. The minimum Gasteiger partial charge on any atom is -0.463 e. The second-order valence-corrected chi connectivity index (χ2v) is 3.39. The Morgan fingerprint density at radius 2 is 2.18 bits per heavy atom. The van der Waals surface area contributed by atoms with Crippen LogP contribution in [0.15, 0.2) is 24.5 Å². The highest BCUT2D eigenvalue weighted by molar-refractivity contribution is 5.54. The molecule has 0 radical (unpaired) electrons. The highest BCUT2D eigenvalue weighted by Crippen LogP contribution is 2.16. The van der Waals surface area contributed by atoms with Crippen LogP contribution in [0.4, 0.5) is 5.95 Å². The third-order valence-corrected chi connectivity index (χ3v) is 1.99. The Hall–Kier alpha value is -2.24. The topological polar surface area (TPSA) is 86.8 Å². The van der Waals surface area contributed by atoms with E-state index >= 15 is 0 Å². The molecule has 0 atom stereocenters. The molecule has 2 N–H and O–H groups in total. The van der Waals surface area contributed by atoms with Gasteiger partial charge in [0.2, 0.25) is 5.95 Å². The van der Waals surface area contributed by atoms with Gasteiger partial charge in [-0.05, 0) is 18.6 Å². The largest absolute Gasteiger partial charge is 0.463 e. The van der Waals surface area contributed by atoms with Crippen molar-refractivity contribution >= 4 is 5.95 Å². The van der Waals surface area contributed by atoms with Gasteiger partial charge in [-0.1, -0.05) is 6.92 Å². The molecule has 17 heavy (non-hydrogen) atoms. The van der Waals surface area contributed by atoms with Crippen LogP contribution in [0.3, 0.4) is 0 Å². The van der Waals surface area contributed by atoms with Crippen molar-refractivity contribution in [3.05, 3.63) is 24.5 Å². The summed E-state index contributed by atoms with van der Waals surface area (Å²) < 4.78 is 5.34. The summed E-state index contributed by atoms with van der Waals surface area (Å²) in [6.07, 6.45) is 4.23. The van der Waals surface area contributed by atoms with Crippen molar-refractivity contribution in [2.75, 3.05) is 12.3 Å². The standard InChI is InChI=1S/C11H13N5O/c1-2-6-17-11-15-9(14-10(12)16-11)8-4-3-5-13-7-8/h3-5,7H,2,6H2,1H3,(H2,12,14,15,16). The Balaban J connectivity index is 2.32. The third-order valence-electron chi connectivity index (χ3n) is 1.99. The average Bonchev–Trinajstić information content (AvgIpc) is 2.37.